The zero-order valence-corrected chi connectivity index (χ0v) is 13.2. The molecule has 2 unspecified atom stereocenters. The predicted octanol–water partition coefficient (Wildman–Crippen LogP) is 4.11. The first-order valence-corrected chi connectivity index (χ1v) is 8.59. The number of benzene rings is 1. The van der Waals surface area contributed by atoms with E-state index in [4.69, 9.17) is 4.98 Å². The molecule has 3 heteroatoms. The van der Waals surface area contributed by atoms with Crippen molar-refractivity contribution in [3.05, 3.63) is 29.3 Å². The van der Waals surface area contributed by atoms with E-state index in [1.807, 2.05) is 11.3 Å². The van der Waals surface area contributed by atoms with Crippen molar-refractivity contribution in [1.82, 2.24) is 10.3 Å². The molecule has 0 aliphatic heterocycles. The summed E-state index contributed by atoms with van der Waals surface area (Å²) >= 11 is 1.87. The maximum absolute atomic E-state index is 4.78. The second kappa shape index (κ2) is 6.23. The van der Waals surface area contributed by atoms with Gasteiger partial charge in [0.2, 0.25) is 0 Å². The third-order valence-electron chi connectivity index (χ3n) is 4.31. The summed E-state index contributed by atoms with van der Waals surface area (Å²) in [6, 6.07) is 8.48. The monoisotopic (exact) mass is 288 g/mol. The Morgan fingerprint density at radius 1 is 1.25 bits per heavy atom. The molecule has 0 saturated heterocycles. The fourth-order valence-electron chi connectivity index (χ4n) is 2.96. The zero-order valence-electron chi connectivity index (χ0n) is 12.4. The highest BCUT2D eigenvalue weighted by Crippen LogP contribution is 2.37. The van der Waals surface area contributed by atoms with Crippen molar-refractivity contribution in [2.45, 2.75) is 33.1 Å². The van der Waals surface area contributed by atoms with Crippen LogP contribution in [0.25, 0.3) is 10.2 Å². The third kappa shape index (κ3) is 3.21. The van der Waals surface area contributed by atoms with Crippen LogP contribution in [0.5, 0.6) is 0 Å². The summed E-state index contributed by atoms with van der Waals surface area (Å²) in [4.78, 5) is 4.78. The average Bonchev–Trinajstić information content (AvgIpc) is 2.82. The van der Waals surface area contributed by atoms with E-state index in [-0.39, 0.29) is 0 Å². The van der Waals surface area contributed by atoms with E-state index < -0.39 is 0 Å². The Bertz CT molecular complexity index is 528. The van der Waals surface area contributed by atoms with Crippen LogP contribution in [0, 0.1) is 17.8 Å². The molecule has 1 aromatic heterocycles. The molecule has 20 heavy (non-hydrogen) atoms. The number of thiazole rings is 1. The summed E-state index contributed by atoms with van der Waals surface area (Å²) in [5, 5.41) is 4.94. The van der Waals surface area contributed by atoms with Crippen molar-refractivity contribution in [3.63, 3.8) is 0 Å². The molecule has 1 N–H and O–H groups in total. The molecule has 1 aliphatic rings. The molecule has 0 amide bonds. The van der Waals surface area contributed by atoms with Crippen LogP contribution in [0.3, 0.4) is 0 Å². The smallest absolute Gasteiger partial charge is 0.0941 e. The van der Waals surface area contributed by atoms with Crippen molar-refractivity contribution >= 4 is 21.6 Å². The van der Waals surface area contributed by atoms with E-state index in [0.29, 0.717) is 0 Å². The van der Waals surface area contributed by atoms with E-state index in [2.05, 4.69) is 43.4 Å². The lowest BCUT2D eigenvalue weighted by Gasteiger charge is -2.36. The van der Waals surface area contributed by atoms with E-state index in [0.717, 1.165) is 24.3 Å². The van der Waals surface area contributed by atoms with Crippen molar-refractivity contribution in [2.24, 2.45) is 17.8 Å². The normalized spacial score (nSPS) is 22.4. The van der Waals surface area contributed by atoms with Crippen LogP contribution in [-0.2, 0) is 6.42 Å². The van der Waals surface area contributed by atoms with Crippen LogP contribution < -0.4 is 5.32 Å². The first-order valence-electron chi connectivity index (χ1n) is 7.77. The molecule has 1 aliphatic carbocycles. The van der Waals surface area contributed by atoms with Crippen molar-refractivity contribution in [1.29, 1.82) is 0 Å². The number of para-hydroxylation sites is 1. The minimum atomic E-state index is 0.748. The van der Waals surface area contributed by atoms with Gasteiger partial charge in [0.25, 0.3) is 0 Å². The lowest BCUT2D eigenvalue weighted by molar-refractivity contribution is 0.169. The molecule has 1 aromatic carbocycles. The van der Waals surface area contributed by atoms with Gasteiger partial charge in [0.05, 0.1) is 15.2 Å². The lowest BCUT2D eigenvalue weighted by atomic mass is 9.72. The molecule has 0 radical (unpaired) electrons. The molecular weight excluding hydrogens is 264 g/mol. The molecule has 0 bridgehead atoms. The second-order valence-corrected chi connectivity index (χ2v) is 7.54. The Morgan fingerprint density at radius 2 is 2.05 bits per heavy atom. The van der Waals surface area contributed by atoms with Gasteiger partial charge in [0, 0.05) is 6.42 Å². The lowest BCUT2D eigenvalue weighted by Crippen LogP contribution is -2.37. The first kappa shape index (κ1) is 14.0. The first-order chi connectivity index (χ1) is 9.72. The van der Waals surface area contributed by atoms with Gasteiger partial charge in [-0.05, 0) is 55.8 Å². The van der Waals surface area contributed by atoms with Crippen molar-refractivity contribution < 1.29 is 0 Å². The highest BCUT2D eigenvalue weighted by atomic mass is 32.1. The Balaban J connectivity index is 1.55. The topological polar surface area (TPSA) is 24.9 Å². The summed E-state index contributed by atoms with van der Waals surface area (Å²) < 4.78 is 1.33. The van der Waals surface area contributed by atoms with Crippen LogP contribution in [0.1, 0.15) is 31.7 Å². The number of nitrogens with one attached hydrogen (secondary N) is 1. The van der Waals surface area contributed by atoms with Gasteiger partial charge < -0.3 is 5.32 Å². The molecule has 0 spiro atoms. The Kier molecular flexibility index (Phi) is 4.37. The molecule has 1 saturated carbocycles. The number of hydrogen-bond donors (Lipinski definition) is 1. The Labute approximate surface area is 125 Å². The summed E-state index contributed by atoms with van der Waals surface area (Å²) in [5.74, 6) is 2.45. The minimum absolute atomic E-state index is 0.748. The van der Waals surface area contributed by atoms with Gasteiger partial charge in [-0.3, -0.25) is 0 Å². The standard InChI is InChI=1S/C17H24N2S/c1-12(2)10-18-11-14-8-7-13(14)9-17-19-15-5-3-4-6-16(15)20-17/h3-6,12-14,18H,7-11H2,1-2H3. The zero-order chi connectivity index (χ0) is 13.9. The fourth-order valence-corrected chi connectivity index (χ4v) is 4.02. The molecular formula is C17H24N2S. The van der Waals surface area contributed by atoms with Crippen LogP contribution in [0.2, 0.25) is 0 Å². The average molecular weight is 288 g/mol. The van der Waals surface area contributed by atoms with Gasteiger partial charge in [-0.25, -0.2) is 4.98 Å². The molecule has 2 nitrogen and oxygen atoms in total. The fraction of sp³-hybridized carbons (Fsp3) is 0.588. The SMILES string of the molecule is CC(C)CNCC1CCC1Cc1nc2ccccc2s1. The summed E-state index contributed by atoms with van der Waals surface area (Å²) in [6.07, 6.45) is 3.94. The van der Waals surface area contributed by atoms with Gasteiger partial charge in [-0.2, -0.15) is 0 Å². The van der Waals surface area contributed by atoms with Crippen molar-refractivity contribution in [3.8, 4) is 0 Å². The summed E-state index contributed by atoms with van der Waals surface area (Å²) in [7, 11) is 0. The molecule has 1 fully saturated rings. The Morgan fingerprint density at radius 3 is 2.75 bits per heavy atom. The van der Waals surface area contributed by atoms with E-state index in [1.165, 1.54) is 41.0 Å². The number of hydrogen-bond acceptors (Lipinski definition) is 3. The maximum atomic E-state index is 4.78. The highest BCUT2D eigenvalue weighted by Gasteiger charge is 2.31. The van der Waals surface area contributed by atoms with Crippen LogP contribution in [0.15, 0.2) is 24.3 Å². The summed E-state index contributed by atoms with van der Waals surface area (Å²) in [5.41, 5.74) is 1.17. The molecule has 3 rings (SSSR count). The highest BCUT2D eigenvalue weighted by molar-refractivity contribution is 7.18. The largest absolute Gasteiger partial charge is 0.316 e. The van der Waals surface area contributed by atoms with Crippen molar-refractivity contribution in [2.75, 3.05) is 13.1 Å². The van der Waals surface area contributed by atoms with Gasteiger partial charge in [-0.15, -0.1) is 11.3 Å². The maximum Gasteiger partial charge on any atom is 0.0941 e. The molecule has 1 heterocycles. The number of nitrogens with zero attached hydrogens (tertiary/aromatic N) is 1. The molecule has 108 valence electrons. The van der Waals surface area contributed by atoms with Crippen LogP contribution >= 0.6 is 11.3 Å². The Hall–Kier alpha value is -0.930. The van der Waals surface area contributed by atoms with Gasteiger partial charge in [0.1, 0.15) is 0 Å². The third-order valence-corrected chi connectivity index (χ3v) is 5.37. The van der Waals surface area contributed by atoms with Gasteiger partial charge in [-0.1, -0.05) is 26.0 Å². The predicted molar refractivity (Wildman–Crippen MR) is 87.2 cm³/mol. The quantitative estimate of drug-likeness (QED) is 0.865. The number of fused-ring (bicyclic) bond motifs is 1. The van der Waals surface area contributed by atoms with Gasteiger partial charge in [0.15, 0.2) is 0 Å². The van der Waals surface area contributed by atoms with Crippen LogP contribution in [0.4, 0.5) is 0 Å². The summed E-state index contributed by atoms with van der Waals surface area (Å²) in [6.45, 7) is 6.87. The molecule has 2 aromatic rings. The second-order valence-electron chi connectivity index (χ2n) is 6.43. The van der Waals surface area contributed by atoms with E-state index >= 15 is 0 Å². The van der Waals surface area contributed by atoms with Crippen LogP contribution in [-0.4, -0.2) is 18.1 Å². The van der Waals surface area contributed by atoms with E-state index in [1.54, 1.807) is 0 Å². The van der Waals surface area contributed by atoms with E-state index in [9.17, 15) is 0 Å². The number of rotatable bonds is 6. The van der Waals surface area contributed by atoms with Gasteiger partial charge >= 0.3 is 0 Å². The molecule has 2 atom stereocenters. The number of aromatic nitrogens is 1. The minimum Gasteiger partial charge on any atom is -0.316 e.